The third-order valence-electron chi connectivity index (χ3n) is 2.77. The predicted octanol–water partition coefficient (Wildman–Crippen LogP) is 2.85. The van der Waals surface area contributed by atoms with Crippen LogP contribution in [0.2, 0.25) is 0 Å². The molecular weight excluding hydrogens is 274 g/mol. The third kappa shape index (κ3) is 7.09. The van der Waals surface area contributed by atoms with Crippen LogP contribution in [0.4, 0.5) is 0 Å². The van der Waals surface area contributed by atoms with E-state index in [1.54, 1.807) is 11.3 Å². The van der Waals surface area contributed by atoms with Crippen molar-refractivity contribution in [2.45, 2.75) is 39.2 Å². The highest BCUT2D eigenvalue weighted by Crippen LogP contribution is 2.09. The lowest BCUT2D eigenvalue weighted by molar-refractivity contribution is -0.137. The van der Waals surface area contributed by atoms with Crippen molar-refractivity contribution in [1.29, 1.82) is 0 Å². The van der Waals surface area contributed by atoms with Crippen molar-refractivity contribution >= 4 is 23.2 Å². The lowest BCUT2D eigenvalue weighted by Crippen LogP contribution is -2.33. The number of nitrogens with one attached hydrogen (secondary N) is 1. The van der Waals surface area contributed by atoms with Gasteiger partial charge in [0.1, 0.15) is 0 Å². The van der Waals surface area contributed by atoms with Gasteiger partial charge in [-0.2, -0.15) is 0 Å². The number of carbonyl (C=O) groups is 2. The van der Waals surface area contributed by atoms with Crippen LogP contribution in [0.1, 0.15) is 31.6 Å². The molecule has 0 aliphatic rings. The fraction of sp³-hybridized carbons (Fsp3) is 0.467. The third-order valence-corrected chi connectivity index (χ3v) is 3.65. The monoisotopic (exact) mass is 295 g/mol. The summed E-state index contributed by atoms with van der Waals surface area (Å²) in [6.07, 6.45) is 5.08. The quantitative estimate of drug-likeness (QED) is 0.725. The van der Waals surface area contributed by atoms with Crippen molar-refractivity contribution in [3.63, 3.8) is 0 Å². The molecule has 0 spiro atoms. The second-order valence-electron chi connectivity index (χ2n) is 4.96. The minimum absolute atomic E-state index is 0.0153. The summed E-state index contributed by atoms with van der Waals surface area (Å²) in [5.74, 6) is -0.757. The molecule has 0 aliphatic carbocycles. The SMILES string of the molecule is CC(C=CCC(C)NC(=O)Cc1cccs1)CC(=O)O. The first-order valence-corrected chi connectivity index (χ1v) is 7.55. The molecule has 1 rings (SSSR count). The summed E-state index contributed by atoms with van der Waals surface area (Å²) in [6, 6.07) is 3.93. The summed E-state index contributed by atoms with van der Waals surface area (Å²) in [4.78, 5) is 23.3. The van der Waals surface area contributed by atoms with Gasteiger partial charge in [-0.15, -0.1) is 11.3 Å². The molecule has 0 saturated carbocycles. The summed E-state index contributed by atoms with van der Waals surface area (Å²) < 4.78 is 0. The highest BCUT2D eigenvalue weighted by molar-refractivity contribution is 7.10. The molecule has 1 heterocycles. The molecule has 2 N–H and O–H groups in total. The summed E-state index contributed by atoms with van der Waals surface area (Å²) >= 11 is 1.58. The van der Waals surface area contributed by atoms with Crippen molar-refractivity contribution in [2.24, 2.45) is 5.92 Å². The lowest BCUT2D eigenvalue weighted by Gasteiger charge is -2.11. The first-order valence-electron chi connectivity index (χ1n) is 6.67. The van der Waals surface area contributed by atoms with Gasteiger partial charge in [0.25, 0.3) is 0 Å². The fourth-order valence-corrected chi connectivity index (χ4v) is 2.52. The Labute approximate surface area is 123 Å². The average molecular weight is 295 g/mol. The van der Waals surface area contributed by atoms with Gasteiger partial charge in [0.2, 0.25) is 5.91 Å². The Hall–Kier alpha value is -1.62. The Morgan fingerprint density at radius 3 is 2.80 bits per heavy atom. The van der Waals surface area contributed by atoms with Crippen LogP contribution in [0, 0.1) is 5.92 Å². The van der Waals surface area contributed by atoms with E-state index in [0.717, 1.165) is 4.88 Å². The standard InChI is InChI=1S/C15H21NO3S/c1-11(9-15(18)19)5-3-6-12(2)16-14(17)10-13-7-4-8-20-13/h3-5,7-8,11-12H,6,9-10H2,1-2H3,(H,16,17)(H,18,19). The van der Waals surface area contributed by atoms with Gasteiger partial charge in [0.05, 0.1) is 12.8 Å². The number of aliphatic carboxylic acids is 1. The number of amides is 1. The molecule has 1 amide bonds. The van der Waals surface area contributed by atoms with Gasteiger partial charge < -0.3 is 10.4 Å². The van der Waals surface area contributed by atoms with Crippen LogP contribution in [-0.4, -0.2) is 23.0 Å². The summed E-state index contributed by atoms with van der Waals surface area (Å²) in [5.41, 5.74) is 0. The van der Waals surface area contributed by atoms with Crippen molar-refractivity contribution in [3.05, 3.63) is 34.5 Å². The van der Waals surface area contributed by atoms with E-state index in [1.165, 1.54) is 0 Å². The maximum absolute atomic E-state index is 11.8. The van der Waals surface area contributed by atoms with Crippen LogP contribution in [0.5, 0.6) is 0 Å². The van der Waals surface area contributed by atoms with Gasteiger partial charge in [-0.3, -0.25) is 9.59 Å². The van der Waals surface area contributed by atoms with Crippen molar-refractivity contribution in [3.8, 4) is 0 Å². The largest absolute Gasteiger partial charge is 0.481 e. The molecular formula is C15H21NO3S. The molecule has 1 aromatic heterocycles. The van der Waals surface area contributed by atoms with E-state index in [1.807, 2.05) is 43.5 Å². The minimum Gasteiger partial charge on any atom is -0.481 e. The van der Waals surface area contributed by atoms with Gasteiger partial charge in [-0.1, -0.05) is 25.1 Å². The van der Waals surface area contributed by atoms with Crippen molar-refractivity contribution in [2.75, 3.05) is 0 Å². The molecule has 0 aromatic carbocycles. The summed E-state index contributed by atoms with van der Waals surface area (Å²) in [7, 11) is 0. The van der Waals surface area contributed by atoms with Gasteiger partial charge in [-0.25, -0.2) is 0 Å². The summed E-state index contributed by atoms with van der Waals surface area (Å²) in [6.45, 7) is 3.81. The summed E-state index contributed by atoms with van der Waals surface area (Å²) in [5, 5.41) is 13.5. The van der Waals surface area contributed by atoms with E-state index in [2.05, 4.69) is 5.32 Å². The first-order chi connectivity index (χ1) is 9.47. The molecule has 1 aromatic rings. The molecule has 110 valence electrons. The van der Waals surface area contributed by atoms with E-state index in [-0.39, 0.29) is 24.3 Å². The van der Waals surface area contributed by atoms with Crippen LogP contribution >= 0.6 is 11.3 Å². The molecule has 0 fully saturated rings. The van der Waals surface area contributed by atoms with Crippen molar-refractivity contribution < 1.29 is 14.7 Å². The van der Waals surface area contributed by atoms with E-state index in [0.29, 0.717) is 12.8 Å². The molecule has 4 nitrogen and oxygen atoms in total. The Balaban J connectivity index is 2.25. The van der Waals surface area contributed by atoms with Gasteiger partial charge >= 0.3 is 5.97 Å². The molecule has 0 aliphatic heterocycles. The number of hydrogen-bond donors (Lipinski definition) is 2. The first kappa shape index (κ1) is 16.4. The Morgan fingerprint density at radius 2 is 2.20 bits per heavy atom. The smallest absolute Gasteiger partial charge is 0.303 e. The maximum atomic E-state index is 11.8. The Morgan fingerprint density at radius 1 is 1.45 bits per heavy atom. The molecule has 0 radical (unpaired) electrons. The van der Waals surface area contributed by atoms with E-state index < -0.39 is 5.97 Å². The van der Waals surface area contributed by atoms with Crippen LogP contribution in [0.15, 0.2) is 29.7 Å². The zero-order valence-corrected chi connectivity index (χ0v) is 12.7. The number of carbonyl (C=O) groups excluding carboxylic acids is 1. The molecule has 0 saturated heterocycles. The maximum Gasteiger partial charge on any atom is 0.303 e. The molecule has 5 heteroatoms. The van der Waals surface area contributed by atoms with Crippen molar-refractivity contribution in [1.82, 2.24) is 5.32 Å². The Kier molecular flexibility index (Phi) is 7.01. The molecule has 2 atom stereocenters. The fourth-order valence-electron chi connectivity index (χ4n) is 1.81. The number of carboxylic acids is 1. The van der Waals surface area contributed by atoms with E-state index in [4.69, 9.17) is 5.11 Å². The number of carboxylic acid groups (broad SMARTS) is 1. The minimum atomic E-state index is -0.792. The number of thiophene rings is 1. The second kappa shape index (κ2) is 8.53. The highest BCUT2D eigenvalue weighted by atomic mass is 32.1. The zero-order valence-electron chi connectivity index (χ0n) is 11.8. The second-order valence-corrected chi connectivity index (χ2v) is 6.00. The molecule has 2 unspecified atom stereocenters. The van der Waals surface area contributed by atoms with Crippen LogP contribution in [0.25, 0.3) is 0 Å². The van der Waals surface area contributed by atoms with E-state index >= 15 is 0 Å². The van der Waals surface area contributed by atoms with Gasteiger partial charge in [-0.05, 0) is 30.7 Å². The van der Waals surface area contributed by atoms with Gasteiger partial charge in [0.15, 0.2) is 0 Å². The lowest BCUT2D eigenvalue weighted by atomic mass is 10.1. The molecule has 20 heavy (non-hydrogen) atoms. The van der Waals surface area contributed by atoms with Gasteiger partial charge in [0, 0.05) is 10.9 Å². The highest BCUT2D eigenvalue weighted by Gasteiger charge is 2.08. The van der Waals surface area contributed by atoms with Crippen LogP contribution < -0.4 is 5.32 Å². The topological polar surface area (TPSA) is 66.4 Å². The average Bonchev–Trinajstić information content (AvgIpc) is 2.80. The zero-order chi connectivity index (χ0) is 15.0. The predicted molar refractivity (Wildman–Crippen MR) is 80.8 cm³/mol. The Bertz CT molecular complexity index is 454. The van der Waals surface area contributed by atoms with E-state index in [9.17, 15) is 9.59 Å². The number of hydrogen-bond acceptors (Lipinski definition) is 3. The van der Waals surface area contributed by atoms with Crippen LogP contribution in [-0.2, 0) is 16.0 Å². The number of allylic oxidation sites excluding steroid dienone is 1. The number of rotatable bonds is 8. The normalized spacial score (nSPS) is 14.1. The molecule has 0 bridgehead atoms. The van der Waals surface area contributed by atoms with Crippen LogP contribution in [0.3, 0.4) is 0 Å².